The summed E-state index contributed by atoms with van der Waals surface area (Å²) < 4.78 is 13.6. The van der Waals surface area contributed by atoms with Gasteiger partial charge in [0.1, 0.15) is 11.7 Å². The van der Waals surface area contributed by atoms with E-state index in [9.17, 15) is 14.4 Å². The number of benzene rings is 1. The smallest absolute Gasteiger partial charge is 0.229 e. The van der Waals surface area contributed by atoms with Crippen LogP contribution in [0.3, 0.4) is 0 Å². The van der Waals surface area contributed by atoms with Crippen molar-refractivity contribution < 1.29 is 19.3 Å². The summed E-state index contributed by atoms with van der Waals surface area (Å²) in [6, 6.07) is 3.41. The van der Waals surface area contributed by atoms with Gasteiger partial charge in [-0.1, -0.05) is 13.8 Å². The van der Waals surface area contributed by atoms with E-state index in [-0.39, 0.29) is 41.2 Å². The molecule has 11 nitrogen and oxygen atoms in total. The molecule has 0 aliphatic carbocycles. The van der Waals surface area contributed by atoms with Crippen LogP contribution < -0.4 is 27.5 Å². The second kappa shape index (κ2) is 10.8. The van der Waals surface area contributed by atoms with Gasteiger partial charge >= 0.3 is 0 Å². The van der Waals surface area contributed by atoms with Crippen LogP contribution in [0, 0.1) is 11.7 Å². The van der Waals surface area contributed by atoms with Crippen LogP contribution in [0.1, 0.15) is 13.8 Å². The van der Waals surface area contributed by atoms with Crippen molar-refractivity contribution in [3.05, 3.63) is 28.5 Å². The van der Waals surface area contributed by atoms with E-state index >= 15 is 0 Å². The Morgan fingerprint density at radius 3 is 2.86 bits per heavy atom. The topological polar surface area (TPSA) is 158 Å². The third-order valence-corrected chi connectivity index (χ3v) is 4.19. The molecule has 0 spiro atoms. The molecule has 1 atom stereocenters. The molecule has 1 aromatic rings. The number of hydroxylamine groups is 3. The number of carbonyl (C=O) groups is 1. The summed E-state index contributed by atoms with van der Waals surface area (Å²) >= 11 is 3.08. The van der Waals surface area contributed by atoms with Crippen molar-refractivity contribution >= 4 is 45.2 Å². The summed E-state index contributed by atoms with van der Waals surface area (Å²) in [7, 11) is 0. The zero-order valence-electron chi connectivity index (χ0n) is 15.7. The fraction of sp³-hybridized carbons (Fsp3) is 0.375. The molecule has 1 saturated heterocycles. The average Bonchev–Trinajstić information content (AvgIpc) is 3.14. The predicted molar refractivity (Wildman–Crippen MR) is 109 cm³/mol. The number of aliphatic imine (C=N–C) groups is 3. The maximum Gasteiger partial charge on any atom is 0.229 e. The van der Waals surface area contributed by atoms with Gasteiger partial charge in [-0.3, -0.25) is 30.8 Å². The molecule has 13 heteroatoms. The summed E-state index contributed by atoms with van der Waals surface area (Å²) in [6.45, 7) is 3.92. The zero-order chi connectivity index (χ0) is 21.4. The summed E-state index contributed by atoms with van der Waals surface area (Å²) in [4.78, 5) is 29.0. The Balaban J connectivity index is 2.02. The van der Waals surface area contributed by atoms with Crippen LogP contribution in [0.15, 0.2) is 37.6 Å². The van der Waals surface area contributed by atoms with Gasteiger partial charge in [-0.05, 0) is 34.1 Å². The molecule has 0 radical (unpaired) electrons. The first-order chi connectivity index (χ1) is 13.8. The number of nitrogens with two attached hydrogens (primary N) is 1. The number of hydrogen-bond acceptors (Lipinski definition) is 7. The second-order valence-corrected chi connectivity index (χ2v) is 6.99. The Morgan fingerprint density at radius 1 is 1.45 bits per heavy atom. The number of amidine groups is 2. The van der Waals surface area contributed by atoms with Gasteiger partial charge in [0.2, 0.25) is 5.91 Å². The molecule has 1 heterocycles. The number of nitrogens with one attached hydrogen (secondary N) is 4. The number of amides is 1. The predicted octanol–water partition coefficient (Wildman–Crippen LogP) is 0.490. The van der Waals surface area contributed by atoms with E-state index < -0.39 is 11.9 Å². The monoisotopic (exact) mass is 472 g/mol. The van der Waals surface area contributed by atoms with Crippen molar-refractivity contribution in [2.75, 3.05) is 13.1 Å². The molecule has 158 valence electrons. The normalized spacial score (nSPS) is 18.8. The molecular formula is C16H22BrFN8O3. The van der Waals surface area contributed by atoms with Gasteiger partial charge in [-0.25, -0.2) is 14.9 Å². The third-order valence-electron chi connectivity index (χ3n) is 3.59. The quantitative estimate of drug-likeness (QED) is 0.152. The molecule has 1 unspecified atom stereocenters. The van der Waals surface area contributed by atoms with Crippen LogP contribution >= 0.6 is 15.9 Å². The number of nitrogens with zero attached hydrogens (tertiary/aromatic N) is 3. The van der Waals surface area contributed by atoms with Gasteiger partial charge < -0.3 is 5.73 Å². The average molecular weight is 473 g/mol. The van der Waals surface area contributed by atoms with Crippen LogP contribution in [0.25, 0.3) is 0 Å². The first-order valence-electron chi connectivity index (χ1n) is 8.58. The Bertz CT molecular complexity index is 830. The fourth-order valence-electron chi connectivity index (χ4n) is 2.06. The van der Waals surface area contributed by atoms with Gasteiger partial charge in [0.25, 0.3) is 0 Å². The fourth-order valence-corrected chi connectivity index (χ4v) is 2.43. The summed E-state index contributed by atoms with van der Waals surface area (Å²) in [5.74, 6) is -0.463. The molecule has 2 rings (SSSR count). The minimum atomic E-state index is -0.731. The van der Waals surface area contributed by atoms with Gasteiger partial charge in [0.05, 0.1) is 23.2 Å². The van der Waals surface area contributed by atoms with Gasteiger partial charge in [-0.15, -0.1) is 0 Å². The van der Waals surface area contributed by atoms with Crippen LogP contribution in [0.4, 0.5) is 10.1 Å². The van der Waals surface area contributed by atoms with Crippen LogP contribution in [-0.2, 0) is 9.73 Å². The lowest BCUT2D eigenvalue weighted by Crippen LogP contribution is -2.44. The highest BCUT2D eigenvalue weighted by Crippen LogP contribution is 2.22. The first kappa shape index (κ1) is 22.7. The number of rotatable bonds is 6. The van der Waals surface area contributed by atoms with Crippen molar-refractivity contribution in [3.8, 4) is 0 Å². The minimum absolute atomic E-state index is 0.00960. The van der Waals surface area contributed by atoms with E-state index in [2.05, 4.69) is 47.2 Å². The van der Waals surface area contributed by atoms with Gasteiger partial charge in [0, 0.05) is 5.92 Å². The minimum Gasteiger partial charge on any atom is -0.370 e. The van der Waals surface area contributed by atoms with E-state index in [0.717, 1.165) is 0 Å². The van der Waals surface area contributed by atoms with Crippen molar-refractivity contribution in [3.63, 3.8) is 0 Å². The Labute approximate surface area is 174 Å². The molecule has 0 bridgehead atoms. The largest absolute Gasteiger partial charge is 0.370 e. The van der Waals surface area contributed by atoms with Crippen LogP contribution in [-0.4, -0.2) is 47.9 Å². The lowest BCUT2D eigenvalue weighted by atomic mass is 10.2. The Hall–Kier alpha value is -2.61. The number of carbonyl (C=O) groups excluding carboxylic acids is 1. The van der Waals surface area contributed by atoms with Crippen molar-refractivity contribution in [1.82, 2.24) is 21.8 Å². The third kappa shape index (κ3) is 6.74. The Morgan fingerprint density at radius 2 is 2.21 bits per heavy atom. The Kier molecular flexibility index (Phi) is 8.45. The molecule has 1 fully saturated rings. The summed E-state index contributed by atoms with van der Waals surface area (Å²) in [5.41, 5.74) is 13.2. The highest BCUT2D eigenvalue weighted by molar-refractivity contribution is 9.10. The zero-order valence-corrected chi connectivity index (χ0v) is 17.3. The number of halogens is 2. The highest BCUT2D eigenvalue weighted by atomic mass is 79.9. The number of hydrogen-bond donors (Lipinski definition) is 6. The lowest BCUT2D eigenvalue weighted by molar-refractivity contribution is -0.122. The second-order valence-electron chi connectivity index (χ2n) is 6.14. The van der Waals surface area contributed by atoms with E-state index in [1.807, 2.05) is 5.48 Å². The van der Waals surface area contributed by atoms with Crippen molar-refractivity contribution in [2.45, 2.75) is 19.9 Å². The molecule has 0 aromatic heterocycles. The maximum absolute atomic E-state index is 13.4. The van der Waals surface area contributed by atoms with Gasteiger partial charge in [-0.2, -0.15) is 10.4 Å². The molecule has 1 amide bonds. The molecule has 7 N–H and O–H groups in total. The summed E-state index contributed by atoms with van der Waals surface area (Å²) in [6.07, 6.45) is 0. The maximum atomic E-state index is 13.4. The summed E-state index contributed by atoms with van der Waals surface area (Å²) in [5, 5.41) is 11.9. The van der Waals surface area contributed by atoms with E-state index in [1.165, 1.54) is 18.2 Å². The number of guanidine groups is 1. The van der Waals surface area contributed by atoms with Crippen LogP contribution in [0.2, 0.25) is 0 Å². The molecule has 1 aliphatic heterocycles. The lowest BCUT2D eigenvalue weighted by Gasteiger charge is -2.11. The van der Waals surface area contributed by atoms with E-state index in [4.69, 9.17) is 10.7 Å². The van der Waals surface area contributed by atoms with Gasteiger partial charge in [0.15, 0.2) is 17.8 Å². The van der Waals surface area contributed by atoms with Crippen LogP contribution in [0.5, 0.6) is 0 Å². The molecule has 0 saturated carbocycles. The molecule has 29 heavy (non-hydrogen) atoms. The molecule has 1 aromatic carbocycles. The SMILES string of the molecule is CC(C)C(=O)NC(N)=NCCN=C1NONC1C(=Nc1ccc(F)c(Br)c1)NO. The first-order valence-corrected chi connectivity index (χ1v) is 9.37. The molecular weight excluding hydrogens is 451 g/mol. The van der Waals surface area contributed by atoms with Crippen molar-refractivity contribution in [1.29, 1.82) is 0 Å². The van der Waals surface area contributed by atoms with E-state index in [0.29, 0.717) is 11.5 Å². The van der Waals surface area contributed by atoms with E-state index in [1.54, 1.807) is 13.8 Å². The standard InChI is InChI=1S/C16H22BrFN8O3/c1-8(2)15(27)23-16(19)21-6-5-20-13-12(25-29-26-13)14(24-28)22-9-3-4-11(18)10(17)7-9/h3-4,7-8,12,25,28H,5-6H2,1-2H3,(H,20,26)(H,22,24)(H3,19,21,23,27). The highest BCUT2D eigenvalue weighted by Gasteiger charge is 2.28. The molecule has 1 aliphatic rings. The van der Waals surface area contributed by atoms with Crippen molar-refractivity contribution in [2.24, 2.45) is 26.6 Å².